The minimum Gasteiger partial charge on any atom is -0.267 e. The second-order valence-corrected chi connectivity index (χ2v) is 7.26. The summed E-state index contributed by atoms with van der Waals surface area (Å²) in [5, 5.41) is 8.94. The second kappa shape index (κ2) is 9.13. The zero-order valence-electron chi connectivity index (χ0n) is 16.6. The standard InChI is InChI=1S/C23H26N4O/c1-17(2)14-15-18(3)24-25-23(28)21-16-27(20-12-8-5-9-13-20)26-22(21)19-10-6-4-7-11-19/h4-13,16-17H,14-15H2,1-3H3,(H,25,28)/b24-18+. The summed E-state index contributed by atoms with van der Waals surface area (Å²) in [6, 6.07) is 19.5. The van der Waals surface area contributed by atoms with Gasteiger partial charge in [0.25, 0.3) is 5.91 Å². The quantitative estimate of drug-likeness (QED) is 0.463. The number of rotatable bonds is 7. The number of carbonyl (C=O) groups is 1. The fraction of sp³-hybridized carbons (Fsp3) is 0.261. The van der Waals surface area contributed by atoms with Gasteiger partial charge in [-0.3, -0.25) is 4.79 Å². The molecular formula is C23H26N4O. The van der Waals surface area contributed by atoms with Gasteiger partial charge in [0.1, 0.15) is 5.69 Å². The van der Waals surface area contributed by atoms with E-state index in [1.807, 2.05) is 67.6 Å². The summed E-state index contributed by atoms with van der Waals surface area (Å²) in [7, 11) is 0. The van der Waals surface area contributed by atoms with Crippen LogP contribution in [0.5, 0.6) is 0 Å². The van der Waals surface area contributed by atoms with Crippen LogP contribution < -0.4 is 5.43 Å². The molecule has 0 saturated carbocycles. The lowest BCUT2D eigenvalue weighted by atomic mass is 10.1. The van der Waals surface area contributed by atoms with E-state index < -0.39 is 0 Å². The third-order valence-electron chi connectivity index (χ3n) is 4.46. The molecule has 1 N–H and O–H groups in total. The fourth-order valence-electron chi connectivity index (χ4n) is 2.82. The molecule has 28 heavy (non-hydrogen) atoms. The van der Waals surface area contributed by atoms with Gasteiger partial charge in [-0.15, -0.1) is 0 Å². The predicted molar refractivity (Wildman–Crippen MR) is 114 cm³/mol. The Morgan fingerprint density at radius 1 is 1.07 bits per heavy atom. The van der Waals surface area contributed by atoms with Gasteiger partial charge >= 0.3 is 0 Å². The number of hydrogen-bond donors (Lipinski definition) is 1. The van der Waals surface area contributed by atoms with Gasteiger partial charge in [-0.25, -0.2) is 10.1 Å². The van der Waals surface area contributed by atoms with Gasteiger partial charge in [-0.2, -0.15) is 10.2 Å². The van der Waals surface area contributed by atoms with E-state index in [9.17, 15) is 4.79 Å². The molecule has 0 atom stereocenters. The zero-order valence-corrected chi connectivity index (χ0v) is 16.6. The Kier molecular flexibility index (Phi) is 6.37. The first kappa shape index (κ1) is 19.5. The highest BCUT2D eigenvalue weighted by atomic mass is 16.2. The number of nitrogens with one attached hydrogen (secondary N) is 1. The van der Waals surface area contributed by atoms with Crippen molar-refractivity contribution in [1.29, 1.82) is 0 Å². The van der Waals surface area contributed by atoms with Gasteiger partial charge in [0.05, 0.1) is 11.3 Å². The molecule has 3 rings (SSSR count). The number of para-hydroxylation sites is 1. The molecule has 5 nitrogen and oxygen atoms in total. The van der Waals surface area contributed by atoms with Gasteiger partial charge in [0, 0.05) is 17.5 Å². The summed E-state index contributed by atoms with van der Waals surface area (Å²) in [6.07, 6.45) is 3.67. The minimum absolute atomic E-state index is 0.259. The largest absolute Gasteiger partial charge is 0.275 e. The molecule has 0 bridgehead atoms. The van der Waals surface area contributed by atoms with Crippen LogP contribution in [0.25, 0.3) is 16.9 Å². The maximum atomic E-state index is 12.9. The van der Waals surface area contributed by atoms with Crippen LogP contribution in [-0.2, 0) is 0 Å². The van der Waals surface area contributed by atoms with Crippen LogP contribution in [-0.4, -0.2) is 21.4 Å². The summed E-state index contributed by atoms with van der Waals surface area (Å²) in [5.74, 6) is 0.347. The van der Waals surface area contributed by atoms with Gasteiger partial charge in [0.2, 0.25) is 0 Å². The van der Waals surface area contributed by atoms with Crippen molar-refractivity contribution in [2.45, 2.75) is 33.6 Å². The topological polar surface area (TPSA) is 59.3 Å². The first-order chi connectivity index (χ1) is 13.5. The molecule has 5 heteroatoms. The van der Waals surface area contributed by atoms with Crippen molar-refractivity contribution in [3.63, 3.8) is 0 Å². The predicted octanol–water partition coefficient (Wildman–Crippen LogP) is 5.08. The average molecular weight is 374 g/mol. The lowest BCUT2D eigenvalue weighted by Gasteiger charge is -2.05. The van der Waals surface area contributed by atoms with Gasteiger partial charge in [0.15, 0.2) is 0 Å². The lowest BCUT2D eigenvalue weighted by molar-refractivity contribution is 0.0955. The summed E-state index contributed by atoms with van der Waals surface area (Å²) in [4.78, 5) is 12.9. The first-order valence-corrected chi connectivity index (χ1v) is 9.58. The number of carbonyl (C=O) groups excluding carboxylic acids is 1. The number of benzene rings is 2. The van der Waals surface area contributed by atoms with E-state index in [4.69, 9.17) is 0 Å². The maximum absolute atomic E-state index is 12.9. The van der Waals surface area contributed by atoms with Crippen molar-refractivity contribution in [1.82, 2.24) is 15.2 Å². The normalized spacial score (nSPS) is 11.6. The van der Waals surface area contributed by atoms with Crippen LogP contribution in [0, 0.1) is 5.92 Å². The van der Waals surface area contributed by atoms with Gasteiger partial charge in [-0.1, -0.05) is 62.4 Å². The molecule has 0 fully saturated rings. The highest BCUT2D eigenvalue weighted by Crippen LogP contribution is 2.23. The number of hydrazone groups is 1. The molecule has 0 aliphatic carbocycles. The van der Waals surface area contributed by atoms with E-state index in [1.165, 1.54) is 0 Å². The van der Waals surface area contributed by atoms with E-state index >= 15 is 0 Å². The fourth-order valence-corrected chi connectivity index (χ4v) is 2.82. The molecule has 3 aromatic rings. The monoisotopic (exact) mass is 374 g/mol. The average Bonchev–Trinajstić information content (AvgIpc) is 3.17. The van der Waals surface area contributed by atoms with E-state index in [-0.39, 0.29) is 5.91 Å². The Morgan fingerprint density at radius 3 is 2.36 bits per heavy atom. The molecule has 1 heterocycles. The SMILES string of the molecule is C/C(CCC(C)C)=N\NC(=O)c1cn(-c2ccccc2)nc1-c1ccccc1. The molecule has 0 unspecified atom stereocenters. The maximum Gasteiger partial charge on any atom is 0.275 e. The van der Waals surface area contributed by atoms with Gasteiger partial charge in [-0.05, 0) is 37.8 Å². The zero-order chi connectivity index (χ0) is 19.9. The number of aromatic nitrogens is 2. The van der Waals surface area contributed by atoms with Crippen LogP contribution in [0.2, 0.25) is 0 Å². The summed E-state index contributed by atoms with van der Waals surface area (Å²) in [6.45, 7) is 6.29. The van der Waals surface area contributed by atoms with Crippen LogP contribution >= 0.6 is 0 Å². The molecule has 1 aromatic heterocycles. The summed E-state index contributed by atoms with van der Waals surface area (Å²) in [5.41, 5.74) is 6.53. The third kappa shape index (κ3) is 4.94. The number of amides is 1. The van der Waals surface area contributed by atoms with E-state index in [1.54, 1.807) is 10.9 Å². The molecule has 2 aromatic carbocycles. The van der Waals surface area contributed by atoms with Crippen molar-refractivity contribution in [2.24, 2.45) is 11.0 Å². The van der Waals surface area contributed by atoms with Crippen molar-refractivity contribution >= 4 is 11.6 Å². The van der Waals surface area contributed by atoms with Crippen LogP contribution in [0.15, 0.2) is 72.0 Å². The molecule has 0 aliphatic heterocycles. The Bertz CT molecular complexity index is 943. The van der Waals surface area contributed by atoms with Crippen LogP contribution in [0.1, 0.15) is 44.0 Å². The van der Waals surface area contributed by atoms with Crippen molar-refractivity contribution < 1.29 is 4.79 Å². The minimum atomic E-state index is -0.259. The molecule has 0 aliphatic rings. The van der Waals surface area contributed by atoms with E-state index in [0.717, 1.165) is 29.8 Å². The third-order valence-corrected chi connectivity index (χ3v) is 4.46. The summed E-state index contributed by atoms with van der Waals surface area (Å²) >= 11 is 0. The van der Waals surface area contributed by atoms with Crippen molar-refractivity contribution in [2.75, 3.05) is 0 Å². The van der Waals surface area contributed by atoms with Gasteiger partial charge < -0.3 is 0 Å². The molecule has 144 valence electrons. The molecule has 0 radical (unpaired) electrons. The van der Waals surface area contributed by atoms with Crippen LogP contribution in [0.4, 0.5) is 0 Å². The Hall–Kier alpha value is -3.21. The number of nitrogens with zero attached hydrogens (tertiary/aromatic N) is 3. The first-order valence-electron chi connectivity index (χ1n) is 9.58. The Labute approximate surface area is 166 Å². The summed E-state index contributed by atoms with van der Waals surface area (Å²) < 4.78 is 1.73. The number of hydrogen-bond acceptors (Lipinski definition) is 3. The highest BCUT2D eigenvalue weighted by Gasteiger charge is 2.18. The van der Waals surface area contributed by atoms with E-state index in [2.05, 4.69) is 29.5 Å². The van der Waals surface area contributed by atoms with E-state index in [0.29, 0.717) is 17.2 Å². The Balaban J connectivity index is 1.89. The molecular weight excluding hydrogens is 348 g/mol. The highest BCUT2D eigenvalue weighted by molar-refractivity contribution is 6.00. The molecule has 0 saturated heterocycles. The lowest BCUT2D eigenvalue weighted by Crippen LogP contribution is -2.19. The Morgan fingerprint density at radius 2 is 1.71 bits per heavy atom. The second-order valence-electron chi connectivity index (χ2n) is 7.26. The molecule has 1 amide bonds. The van der Waals surface area contributed by atoms with Crippen LogP contribution in [0.3, 0.4) is 0 Å². The smallest absolute Gasteiger partial charge is 0.267 e. The van der Waals surface area contributed by atoms with Crippen molar-refractivity contribution in [3.8, 4) is 16.9 Å². The van der Waals surface area contributed by atoms with Crippen molar-refractivity contribution in [3.05, 3.63) is 72.4 Å². The molecule has 0 spiro atoms.